The predicted molar refractivity (Wildman–Crippen MR) is 152 cm³/mol. The van der Waals surface area contributed by atoms with Crippen molar-refractivity contribution in [3.63, 3.8) is 0 Å². The fourth-order valence-electron chi connectivity index (χ4n) is 5.55. The maximum Gasteiger partial charge on any atom is 0.241 e. The minimum Gasteiger partial charge on any atom is -0.346 e. The molecule has 6 nitrogen and oxygen atoms in total. The van der Waals surface area contributed by atoms with Crippen molar-refractivity contribution < 1.29 is 8.42 Å². The molecule has 2 atom stereocenters. The summed E-state index contributed by atoms with van der Waals surface area (Å²) in [6.45, 7) is 3.07. The van der Waals surface area contributed by atoms with E-state index >= 15 is 0 Å². The van der Waals surface area contributed by atoms with Crippen molar-refractivity contribution in [1.82, 2.24) is 14.5 Å². The molecule has 0 bridgehead atoms. The van der Waals surface area contributed by atoms with Crippen molar-refractivity contribution in [3.05, 3.63) is 108 Å². The van der Waals surface area contributed by atoms with Crippen LogP contribution in [0.2, 0.25) is 0 Å². The third kappa shape index (κ3) is 4.62. The van der Waals surface area contributed by atoms with Gasteiger partial charge in [0, 0.05) is 31.9 Å². The van der Waals surface area contributed by atoms with E-state index in [-0.39, 0.29) is 17.0 Å². The highest BCUT2D eigenvalue weighted by Crippen LogP contribution is 2.47. The lowest BCUT2D eigenvalue weighted by atomic mass is 10.0. The number of para-hydroxylation sites is 1. The van der Waals surface area contributed by atoms with Gasteiger partial charge in [0.25, 0.3) is 0 Å². The average molecular weight is 529 g/mol. The summed E-state index contributed by atoms with van der Waals surface area (Å²) in [5.41, 5.74) is 3.18. The number of rotatable bonds is 5. The summed E-state index contributed by atoms with van der Waals surface area (Å²) in [5, 5.41) is 6.33. The molecule has 0 radical (unpaired) electrons. The Morgan fingerprint density at radius 2 is 1.38 bits per heavy atom. The van der Waals surface area contributed by atoms with Crippen LogP contribution in [0.25, 0.3) is 10.8 Å². The lowest BCUT2D eigenvalue weighted by Gasteiger charge is -2.41. The van der Waals surface area contributed by atoms with Crippen LogP contribution in [-0.2, 0) is 10.0 Å². The molecule has 6 rings (SSSR count). The fourth-order valence-corrected chi connectivity index (χ4v) is 7.09. The zero-order valence-electron chi connectivity index (χ0n) is 20.2. The Hall–Kier alpha value is -3.30. The van der Waals surface area contributed by atoms with E-state index in [1.165, 1.54) is 5.56 Å². The number of nitrogens with zero attached hydrogens (tertiary/aromatic N) is 2. The molecule has 2 aliphatic rings. The molecule has 1 aliphatic heterocycles. The highest BCUT2D eigenvalue weighted by atomic mass is 32.2. The molecule has 0 saturated carbocycles. The first-order valence-corrected chi connectivity index (χ1v) is 14.3. The zero-order chi connectivity index (χ0) is 25.4. The normalized spacial score (nSPS) is 19.7. The van der Waals surface area contributed by atoms with E-state index in [0.717, 1.165) is 48.2 Å². The third-order valence-electron chi connectivity index (χ3n) is 7.29. The molecule has 37 heavy (non-hydrogen) atoms. The standard InChI is InChI=1S/C29H28N4O2S2/c34-37(35,23-13-5-2-6-14-23)31-27-24-15-7-9-21-10-8-16-25(26(21)24)28(27)32-17-19-33(20-18-32)29(36)30-22-11-3-1-4-12-22/h1-16,27-28,31H,17-20H2,(H,30,36). The molecule has 1 heterocycles. The molecule has 0 spiro atoms. The van der Waals surface area contributed by atoms with E-state index in [9.17, 15) is 8.42 Å². The molecule has 0 amide bonds. The number of hydrogen-bond acceptors (Lipinski definition) is 4. The van der Waals surface area contributed by atoms with E-state index in [0.29, 0.717) is 5.11 Å². The third-order valence-corrected chi connectivity index (χ3v) is 9.11. The molecule has 4 aromatic carbocycles. The van der Waals surface area contributed by atoms with Crippen LogP contribution >= 0.6 is 12.2 Å². The molecular weight excluding hydrogens is 500 g/mol. The Labute approximate surface area is 223 Å². The monoisotopic (exact) mass is 528 g/mol. The topological polar surface area (TPSA) is 64.7 Å². The van der Waals surface area contributed by atoms with Gasteiger partial charge < -0.3 is 10.2 Å². The molecule has 1 fully saturated rings. The lowest BCUT2D eigenvalue weighted by Crippen LogP contribution is -2.52. The Morgan fingerprint density at radius 1 is 0.757 bits per heavy atom. The van der Waals surface area contributed by atoms with Crippen LogP contribution in [0.4, 0.5) is 5.69 Å². The first-order valence-electron chi connectivity index (χ1n) is 12.5. The molecule has 1 saturated heterocycles. The summed E-state index contributed by atoms with van der Waals surface area (Å²) in [4.78, 5) is 4.86. The van der Waals surface area contributed by atoms with Crippen LogP contribution in [0.1, 0.15) is 23.2 Å². The van der Waals surface area contributed by atoms with E-state index in [2.05, 4.69) is 50.2 Å². The summed E-state index contributed by atoms with van der Waals surface area (Å²) in [6.07, 6.45) is 0. The van der Waals surface area contributed by atoms with Crippen LogP contribution in [0.15, 0.2) is 102 Å². The van der Waals surface area contributed by atoms with Crippen LogP contribution < -0.4 is 10.0 Å². The van der Waals surface area contributed by atoms with Crippen molar-refractivity contribution >= 4 is 43.8 Å². The number of thiocarbonyl (C=S) groups is 1. The second kappa shape index (κ2) is 9.87. The lowest BCUT2D eigenvalue weighted by molar-refractivity contribution is 0.117. The number of anilines is 1. The van der Waals surface area contributed by atoms with Gasteiger partial charge in [-0.2, -0.15) is 0 Å². The van der Waals surface area contributed by atoms with Crippen LogP contribution in [-0.4, -0.2) is 49.5 Å². The van der Waals surface area contributed by atoms with Gasteiger partial charge in [0.05, 0.1) is 17.0 Å². The van der Waals surface area contributed by atoms with Gasteiger partial charge in [-0.05, 0) is 58.4 Å². The summed E-state index contributed by atoms with van der Waals surface area (Å²) in [5.74, 6) is 0. The van der Waals surface area contributed by atoms with E-state index in [1.807, 2.05) is 42.5 Å². The average Bonchev–Trinajstić information content (AvgIpc) is 3.24. The quantitative estimate of drug-likeness (QED) is 0.358. The predicted octanol–water partition coefficient (Wildman–Crippen LogP) is 4.93. The number of sulfonamides is 1. The van der Waals surface area contributed by atoms with E-state index in [1.54, 1.807) is 24.3 Å². The first kappa shape index (κ1) is 24.1. The number of hydrogen-bond donors (Lipinski definition) is 2. The molecule has 0 aromatic heterocycles. The van der Waals surface area contributed by atoms with Gasteiger partial charge in [0.15, 0.2) is 5.11 Å². The smallest absolute Gasteiger partial charge is 0.241 e. The van der Waals surface area contributed by atoms with Gasteiger partial charge in [0.2, 0.25) is 10.0 Å². The van der Waals surface area contributed by atoms with Crippen molar-refractivity contribution in [3.8, 4) is 0 Å². The molecule has 4 aromatic rings. The van der Waals surface area contributed by atoms with E-state index in [4.69, 9.17) is 12.2 Å². The van der Waals surface area contributed by atoms with Crippen molar-refractivity contribution in [2.24, 2.45) is 0 Å². The van der Waals surface area contributed by atoms with Crippen molar-refractivity contribution in [1.29, 1.82) is 0 Å². The number of nitrogens with one attached hydrogen (secondary N) is 2. The maximum absolute atomic E-state index is 13.4. The summed E-state index contributed by atoms with van der Waals surface area (Å²) >= 11 is 5.69. The fraction of sp³-hybridized carbons (Fsp3) is 0.207. The molecule has 2 unspecified atom stereocenters. The largest absolute Gasteiger partial charge is 0.346 e. The Morgan fingerprint density at radius 3 is 2.05 bits per heavy atom. The van der Waals surface area contributed by atoms with Crippen LogP contribution in [0, 0.1) is 0 Å². The molecular formula is C29H28N4O2S2. The maximum atomic E-state index is 13.4. The second-order valence-electron chi connectivity index (χ2n) is 9.47. The second-order valence-corrected chi connectivity index (χ2v) is 11.6. The van der Waals surface area contributed by atoms with Crippen LogP contribution in [0.3, 0.4) is 0 Å². The van der Waals surface area contributed by atoms with Crippen LogP contribution in [0.5, 0.6) is 0 Å². The number of piperazine rings is 1. The van der Waals surface area contributed by atoms with Gasteiger partial charge in [-0.1, -0.05) is 72.8 Å². The SMILES string of the molecule is O=S(=O)(NC1c2cccc3cccc(c23)C1N1CCN(C(=S)Nc2ccccc2)CC1)c1ccccc1. The van der Waals surface area contributed by atoms with Gasteiger partial charge in [-0.15, -0.1) is 0 Å². The Balaban J connectivity index is 1.27. The highest BCUT2D eigenvalue weighted by Gasteiger charge is 2.41. The van der Waals surface area contributed by atoms with Crippen molar-refractivity contribution in [2.75, 3.05) is 31.5 Å². The minimum absolute atomic E-state index is 0.0996. The highest BCUT2D eigenvalue weighted by molar-refractivity contribution is 7.89. The van der Waals surface area contributed by atoms with Gasteiger partial charge >= 0.3 is 0 Å². The zero-order valence-corrected chi connectivity index (χ0v) is 21.9. The minimum atomic E-state index is -3.71. The summed E-state index contributed by atoms with van der Waals surface area (Å²) in [7, 11) is -3.71. The van der Waals surface area contributed by atoms with Gasteiger partial charge in [0.1, 0.15) is 0 Å². The summed E-state index contributed by atoms with van der Waals surface area (Å²) < 4.78 is 29.9. The molecule has 8 heteroatoms. The Bertz CT molecular complexity index is 1530. The van der Waals surface area contributed by atoms with Gasteiger partial charge in [-0.25, -0.2) is 13.1 Å². The Kier molecular flexibility index (Phi) is 6.42. The molecule has 188 valence electrons. The first-order chi connectivity index (χ1) is 18.0. The van der Waals surface area contributed by atoms with E-state index < -0.39 is 10.0 Å². The summed E-state index contributed by atoms with van der Waals surface area (Å²) in [6, 6.07) is 30.5. The molecule has 2 N–H and O–H groups in total. The molecule has 1 aliphatic carbocycles. The van der Waals surface area contributed by atoms with Crippen molar-refractivity contribution in [2.45, 2.75) is 17.0 Å². The van der Waals surface area contributed by atoms with Gasteiger partial charge in [-0.3, -0.25) is 4.90 Å². The number of benzene rings is 4.